The van der Waals surface area contributed by atoms with Gasteiger partial charge in [-0.3, -0.25) is 4.79 Å². The molecule has 7 heteroatoms. The van der Waals surface area contributed by atoms with Crippen LogP contribution in [-0.4, -0.2) is 29.1 Å². The number of nitrogens with two attached hydrogens (primary N) is 2. The maximum absolute atomic E-state index is 13.3. The van der Waals surface area contributed by atoms with E-state index in [0.717, 1.165) is 0 Å². The standard InChI is InChI=1S/C18H20FN3O3/c1-17(16(21)23)9-25-15-12(17)7-13(18(2,24)8-20)22-14(15)10-3-5-11(19)6-4-10/h3-7,24H,8-9,20H2,1-2H3,(H2,21,23)/t17-,18-/m0/s1. The number of rotatable bonds is 4. The number of halogens is 1. The third-order valence-electron chi connectivity index (χ3n) is 4.68. The SMILES string of the molecule is C[C@](O)(CN)c1cc2c(c(-c3ccc(F)cc3)n1)OC[C@]2(C)C(N)=O. The highest BCUT2D eigenvalue weighted by Crippen LogP contribution is 2.45. The quantitative estimate of drug-likeness (QED) is 0.771. The number of aromatic nitrogens is 1. The van der Waals surface area contributed by atoms with Crippen LogP contribution in [0.2, 0.25) is 0 Å². The first-order chi connectivity index (χ1) is 11.7. The first kappa shape index (κ1) is 17.3. The lowest BCUT2D eigenvalue weighted by Crippen LogP contribution is -2.40. The molecule has 1 aromatic heterocycles. The van der Waals surface area contributed by atoms with Gasteiger partial charge in [0.1, 0.15) is 34.9 Å². The topological polar surface area (TPSA) is 111 Å². The Kier molecular flexibility index (Phi) is 4.01. The summed E-state index contributed by atoms with van der Waals surface area (Å²) in [4.78, 5) is 16.5. The molecule has 0 bridgehead atoms. The van der Waals surface area contributed by atoms with Crippen molar-refractivity contribution in [1.82, 2.24) is 4.98 Å². The summed E-state index contributed by atoms with van der Waals surface area (Å²) in [6.07, 6.45) is 0. The fourth-order valence-corrected chi connectivity index (χ4v) is 2.77. The Hall–Kier alpha value is -2.51. The Morgan fingerprint density at radius 3 is 2.64 bits per heavy atom. The molecule has 0 aliphatic carbocycles. The Morgan fingerprint density at radius 2 is 2.08 bits per heavy atom. The molecular formula is C18H20FN3O3. The van der Waals surface area contributed by atoms with Gasteiger partial charge in [-0.25, -0.2) is 9.37 Å². The van der Waals surface area contributed by atoms with Crippen molar-refractivity contribution in [2.75, 3.05) is 13.2 Å². The van der Waals surface area contributed by atoms with Crippen LogP contribution in [0.1, 0.15) is 25.1 Å². The number of hydrogen-bond donors (Lipinski definition) is 3. The molecular weight excluding hydrogens is 325 g/mol. The molecule has 0 saturated carbocycles. The van der Waals surface area contributed by atoms with Crippen molar-refractivity contribution >= 4 is 5.91 Å². The summed E-state index contributed by atoms with van der Waals surface area (Å²) < 4.78 is 19.0. The molecule has 25 heavy (non-hydrogen) atoms. The van der Waals surface area contributed by atoms with Gasteiger partial charge in [0.25, 0.3) is 0 Å². The van der Waals surface area contributed by atoms with Gasteiger partial charge in [-0.1, -0.05) is 0 Å². The summed E-state index contributed by atoms with van der Waals surface area (Å²) in [6, 6.07) is 7.33. The number of hydrogen-bond acceptors (Lipinski definition) is 5. The summed E-state index contributed by atoms with van der Waals surface area (Å²) in [5.74, 6) is -0.515. The second-order valence-electron chi connectivity index (χ2n) is 6.70. The largest absolute Gasteiger partial charge is 0.489 e. The summed E-state index contributed by atoms with van der Waals surface area (Å²) in [5.41, 5.74) is 10.6. The summed E-state index contributed by atoms with van der Waals surface area (Å²) in [6.45, 7) is 3.22. The third kappa shape index (κ3) is 2.75. The van der Waals surface area contributed by atoms with Gasteiger partial charge in [-0.05, 0) is 44.2 Å². The van der Waals surface area contributed by atoms with Crippen molar-refractivity contribution in [3.63, 3.8) is 0 Å². The van der Waals surface area contributed by atoms with E-state index in [1.807, 2.05) is 0 Å². The van der Waals surface area contributed by atoms with Gasteiger partial charge in [0.15, 0.2) is 0 Å². The number of pyridine rings is 1. The monoisotopic (exact) mass is 345 g/mol. The number of ether oxygens (including phenoxy) is 1. The van der Waals surface area contributed by atoms with E-state index in [1.165, 1.54) is 19.1 Å². The number of aliphatic hydroxyl groups is 1. The van der Waals surface area contributed by atoms with E-state index in [1.54, 1.807) is 25.1 Å². The Bertz CT molecular complexity index is 836. The number of nitrogens with zero attached hydrogens (tertiary/aromatic N) is 1. The molecule has 0 spiro atoms. The van der Waals surface area contributed by atoms with Gasteiger partial charge in [-0.15, -0.1) is 0 Å². The minimum absolute atomic E-state index is 0.0597. The number of amides is 1. The van der Waals surface area contributed by atoms with Crippen LogP contribution in [-0.2, 0) is 15.8 Å². The molecule has 3 rings (SSSR count). The van der Waals surface area contributed by atoms with E-state index in [0.29, 0.717) is 28.3 Å². The lowest BCUT2D eigenvalue weighted by molar-refractivity contribution is -0.123. The zero-order valence-corrected chi connectivity index (χ0v) is 14.0. The van der Waals surface area contributed by atoms with E-state index >= 15 is 0 Å². The fourth-order valence-electron chi connectivity index (χ4n) is 2.77. The number of carbonyl (C=O) groups excluding carboxylic acids is 1. The highest BCUT2D eigenvalue weighted by atomic mass is 19.1. The van der Waals surface area contributed by atoms with Crippen molar-refractivity contribution in [2.45, 2.75) is 24.9 Å². The van der Waals surface area contributed by atoms with Crippen LogP contribution in [0.25, 0.3) is 11.3 Å². The molecule has 2 heterocycles. The van der Waals surface area contributed by atoms with Gasteiger partial charge in [0.2, 0.25) is 5.91 Å². The first-order valence-electron chi connectivity index (χ1n) is 7.86. The first-order valence-corrected chi connectivity index (χ1v) is 7.86. The maximum atomic E-state index is 13.3. The predicted molar refractivity (Wildman–Crippen MR) is 90.3 cm³/mol. The van der Waals surface area contributed by atoms with Gasteiger partial charge in [0.05, 0.1) is 5.69 Å². The summed E-state index contributed by atoms with van der Waals surface area (Å²) in [7, 11) is 0. The zero-order valence-electron chi connectivity index (χ0n) is 14.0. The Morgan fingerprint density at radius 1 is 1.44 bits per heavy atom. The molecule has 0 unspecified atom stereocenters. The Balaban J connectivity index is 2.29. The molecule has 1 aromatic carbocycles. The molecule has 1 aliphatic heterocycles. The van der Waals surface area contributed by atoms with Gasteiger partial charge in [-0.2, -0.15) is 0 Å². The lowest BCUT2D eigenvalue weighted by atomic mass is 9.82. The average Bonchev–Trinajstić information content (AvgIpc) is 2.93. The van der Waals surface area contributed by atoms with Crippen molar-refractivity contribution < 1.29 is 19.0 Å². The second-order valence-corrected chi connectivity index (χ2v) is 6.70. The number of fused-ring (bicyclic) bond motifs is 1. The van der Waals surface area contributed by atoms with Crippen molar-refractivity contribution in [1.29, 1.82) is 0 Å². The fraction of sp³-hybridized carbons (Fsp3) is 0.333. The van der Waals surface area contributed by atoms with E-state index in [4.69, 9.17) is 16.2 Å². The molecule has 1 aliphatic rings. The molecule has 2 atom stereocenters. The van der Waals surface area contributed by atoms with Crippen LogP contribution in [0.15, 0.2) is 30.3 Å². The van der Waals surface area contributed by atoms with Crippen LogP contribution in [0.4, 0.5) is 4.39 Å². The van der Waals surface area contributed by atoms with Crippen LogP contribution in [0.3, 0.4) is 0 Å². The van der Waals surface area contributed by atoms with Crippen molar-refractivity contribution in [3.8, 4) is 17.0 Å². The van der Waals surface area contributed by atoms with E-state index in [-0.39, 0.29) is 19.0 Å². The normalized spacial score (nSPS) is 21.3. The molecule has 132 valence electrons. The van der Waals surface area contributed by atoms with Gasteiger partial charge in [0, 0.05) is 17.7 Å². The highest BCUT2D eigenvalue weighted by molar-refractivity contribution is 5.90. The van der Waals surface area contributed by atoms with Crippen LogP contribution in [0.5, 0.6) is 5.75 Å². The molecule has 5 N–H and O–H groups in total. The molecule has 6 nitrogen and oxygen atoms in total. The van der Waals surface area contributed by atoms with Crippen LogP contribution < -0.4 is 16.2 Å². The van der Waals surface area contributed by atoms with Gasteiger partial charge >= 0.3 is 0 Å². The molecule has 0 radical (unpaired) electrons. The smallest absolute Gasteiger partial charge is 0.231 e. The Labute approximate surface area is 144 Å². The minimum atomic E-state index is -1.40. The summed E-state index contributed by atoms with van der Waals surface area (Å²) >= 11 is 0. The third-order valence-corrected chi connectivity index (χ3v) is 4.68. The lowest BCUT2D eigenvalue weighted by Gasteiger charge is -2.24. The summed E-state index contributed by atoms with van der Waals surface area (Å²) in [5, 5.41) is 10.5. The maximum Gasteiger partial charge on any atom is 0.231 e. The average molecular weight is 345 g/mol. The van der Waals surface area contributed by atoms with Crippen molar-refractivity contribution in [3.05, 3.63) is 47.4 Å². The number of benzene rings is 1. The van der Waals surface area contributed by atoms with E-state index in [9.17, 15) is 14.3 Å². The van der Waals surface area contributed by atoms with Gasteiger partial charge < -0.3 is 21.3 Å². The van der Waals surface area contributed by atoms with Crippen LogP contribution in [0, 0.1) is 5.82 Å². The molecule has 0 fully saturated rings. The number of carbonyl (C=O) groups is 1. The zero-order chi connectivity index (χ0) is 18.4. The predicted octanol–water partition coefficient (Wildman–Crippen LogP) is 1.19. The van der Waals surface area contributed by atoms with Crippen molar-refractivity contribution in [2.24, 2.45) is 11.5 Å². The van der Waals surface area contributed by atoms with E-state index in [2.05, 4.69) is 4.98 Å². The molecule has 2 aromatic rings. The molecule has 0 saturated heterocycles. The van der Waals surface area contributed by atoms with Crippen LogP contribution >= 0.6 is 0 Å². The second kappa shape index (κ2) is 5.79. The minimum Gasteiger partial charge on any atom is -0.489 e. The number of primary amides is 1. The van der Waals surface area contributed by atoms with E-state index < -0.39 is 16.9 Å². The molecule has 1 amide bonds. The highest BCUT2D eigenvalue weighted by Gasteiger charge is 2.44.